The number of fused-ring (bicyclic) bond motifs is 1. The van der Waals surface area contributed by atoms with Crippen molar-refractivity contribution in [2.45, 2.75) is 12.6 Å². The Morgan fingerprint density at radius 3 is 2.77 bits per heavy atom. The van der Waals surface area contributed by atoms with Crippen LogP contribution in [0.25, 0.3) is 5.70 Å². The van der Waals surface area contributed by atoms with E-state index in [0.717, 1.165) is 34.0 Å². The number of carbonyl (C=O) groups is 1. The number of aliphatic imine (C=N–C) groups is 1. The number of amides is 1. The van der Waals surface area contributed by atoms with E-state index in [0.29, 0.717) is 30.5 Å². The highest BCUT2D eigenvalue weighted by atomic mass is 32.2. The van der Waals surface area contributed by atoms with Crippen LogP contribution in [0.3, 0.4) is 0 Å². The van der Waals surface area contributed by atoms with Gasteiger partial charge in [0, 0.05) is 16.0 Å². The van der Waals surface area contributed by atoms with Crippen LogP contribution in [0.15, 0.2) is 80.6 Å². The number of ether oxygens (including phenoxy) is 1. The van der Waals surface area contributed by atoms with E-state index >= 15 is 0 Å². The van der Waals surface area contributed by atoms with E-state index in [1.54, 1.807) is 11.8 Å². The summed E-state index contributed by atoms with van der Waals surface area (Å²) < 4.78 is 11.4. The molecule has 0 saturated heterocycles. The summed E-state index contributed by atoms with van der Waals surface area (Å²) in [4.78, 5) is 18.9. The molecule has 10 heteroatoms. The fraction of sp³-hybridized carbons (Fsp3) is 0.200. The largest absolute Gasteiger partial charge is 0.402 e. The number of benzene rings is 2. The summed E-state index contributed by atoms with van der Waals surface area (Å²) in [6.07, 6.45) is 1.97. The molecule has 0 unspecified atom stereocenters. The van der Waals surface area contributed by atoms with E-state index in [1.165, 1.54) is 5.57 Å². The number of nitrogens with one attached hydrogen (secondary N) is 3. The molecule has 1 amide bonds. The number of rotatable bonds is 5. The molecule has 2 aromatic carbocycles. The first kappa shape index (κ1) is 21.6. The minimum Gasteiger partial charge on any atom is -0.402 e. The van der Waals surface area contributed by atoms with Crippen molar-refractivity contribution in [3.8, 4) is 0 Å². The molecule has 3 aromatic rings. The molecule has 3 aliphatic rings. The molecule has 6 rings (SSSR count). The van der Waals surface area contributed by atoms with Gasteiger partial charge in [-0.25, -0.2) is 4.99 Å². The van der Waals surface area contributed by atoms with Gasteiger partial charge in [0.25, 0.3) is 11.8 Å². The number of hydrogen-bond acceptors (Lipinski definition) is 9. The van der Waals surface area contributed by atoms with Crippen molar-refractivity contribution in [2.75, 3.05) is 29.7 Å². The monoisotopic (exact) mass is 486 g/mol. The Hall–Kier alpha value is -3.89. The van der Waals surface area contributed by atoms with Gasteiger partial charge >= 0.3 is 6.01 Å². The second-order valence-corrected chi connectivity index (χ2v) is 9.05. The van der Waals surface area contributed by atoms with E-state index < -0.39 is 6.17 Å². The Balaban J connectivity index is 1.32. The highest BCUT2D eigenvalue weighted by molar-refractivity contribution is 8.03. The predicted octanol–water partition coefficient (Wildman–Crippen LogP) is 3.61. The lowest BCUT2D eigenvalue weighted by molar-refractivity contribution is -0.116. The predicted molar refractivity (Wildman–Crippen MR) is 135 cm³/mol. The summed E-state index contributed by atoms with van der Waals surface area (Å²) in [5.74, 6) is 0.775. The molecule has 35 heavy (non-hydrogen) atoms. The van der Waals surface area contributed by atoms with Crippen molar-refractivity contribution in [1.29, 1.82) is 0 Å². The number of anilines is 2. The molecule has 0 fully saturated rings. The third-order valence-electron chi connectivity index (χ3n) is 5.84. The van der Waals surface area contributed by atoms with E-state index in [-0.39, 0.29) is 11.9 Å². The molecule has 3 N–H and O–H groups in total. The zero-order valence-electron chi connectivity index (χ0n) is 18.7. The van der Waals surface area contributed by atoms with Crippen molar-refractivity contribution in [1.82, 2.24) is 15.5 Å². The fourth-order valence-corrected chi connectivity index (χ4v) is 5.21. The van der Waals surface area contributed by atoms with Gasteiger partial charge in [-0.2, -0.15) is 0 Å². The van der Waals surface area contributed by atoms with Gasteiger partial charge in [-0.15, -0.1) is 16.9 Å². The summed E-state index contributed by atoms with van der Waals surface area (Å²) in [6.45, 7) is 1.30. The molecule has 3 aliphatic heterocycles. The maximum atomic E-state index is 13.1. The van der Waals surface area contributed by atoms with Crippen LogP contribution in [0, 0.1) is 0 Å². The lowest BCUT2D eigenvalue weighted by Crippen LogP contribution is -2.32. The first-order valence-corrected chi connectivity index (χ1v) is 12.3. The molecular formula is C25H22N6O3S. The van der Waals surface area contributed by atoms with E-state index in [2.05, 4.69) is 32.2 Å². The molecule has 0 radical (unpaired) electrons. The van der Waals surface area contributed by atoms with Crippen molar-refractivity contribution >= 4 is 40.8 Å². The first-order chi connectivity index (χ1) is 17.3. The highest BCUT2D eigenvalue weighted by Crippen LogP contribution is 2.38. The Morgan fingerprint density at radius 1 is 1.06 bits per heavy atom. The smallest absolute Gasteiger partial charge is 0.317 e. The van der Waals surface area contributed by atoms with Crippen LogP contribution < -0.4 is 16.0 Å². The van der Waals surface area contributed by atoms with Crippen LogP contribution in [0.5, 0.6) is 0 Å². The zero-order chi connectivity index (χ0) is 23.6. The molecule has 9 nitrogen and oxygen atoms in total. The van der Waals surface area contributed by atoms with E-state index in [1.807, 2.05) is 54.6 Å². The summed E-state index contributed by atoms with van der Waals surface area (Å²) in [5.41, 5.74) is 5.15. The molecule has 1 atom stereocenters. The Labute approximate surface area is 205 Å². The molecule has 176 valence electrons. The third-order valence-corrected chi connectivity index (χ3v) is 6.88. The Morgan fingerprint density at radius 2 is 1.91 bits per heavy atom. The fourth-order valence-electron chi connectivity index (χ4n) is 4.17. The topological polar surface area (TPSA) is 114 Å². The number of para-hydroxylation sites is 1. The number of benzodiazepines with no additional fused rings is 1. The van der Waals surface area contributed by atoms with Crippen LogP contribution in [0.4, 0.5) is 11.7 Å². The van der Waals surface area contributed by atoms with Crippen LogP contribution >= 0.6 is 11.8 Å². The van der Waals surface area contributed by atoms with Crippen molar-refractivity contribution in [3.05, 3.63) is 88.2 Å². The minimum atomic E-state index is -0.955. The second-order valence-electron chi connectivity index (χ2n) is 8.06. The number of hydrogen-bond donors (Lipinski definition) is 3. The number of thioether (sulfide) groups is 1. The lowest BCUT2D eigenvalue weighted by Gasteiger charge is -2.14. The molecule has 4 heterocycles. The molecule has 0 saturated carbocycles. The van der Waals surface area contributed by atoms with Crippen molar-refractivity contribution in [2.24, 2.45) is 4.99 Å². The van der Waals surface area contributed by atoms with Crippen LogP contribution in [-0.4, -0.2) is 47.1 Å². The summed E-state index contributed by atoms with van der Waals surface area (Å²) in [6, 6.07) is 17.5. The minimum absolute atomic E-state index is 0.119. The Kier molecular flexibility index (Phi) is 5.81. The SMILES string of the molecule is O=C1Nc2ccccc2C(c2ccccc2)=N[C@@H]1Nc1nnc(C2=C(C3=CCOCC3)SCN2)o1. The number of aromatic nitrogens is 2. The van der Waals surface area contributed by atoms with Gasteiger partial charge in [0.1, 0.15) is 5.70 Å². The summed E-state index contributed by atoms with van der Waals surface area (Å²) >= 11 is 1.70. The van der Waals surface area contributed by atoms with Crippen molar-refractivity contribution in [3.63, 3.8) is 0 Å². The van der Waals surface area contributed by atoms with Gasteiger partial charge in [0.15, 0.2) is 0 Å². The summed E-state index contributed by atoms with van der Waals surface area (Å²) in [5, 5.41) is 17.7. The van der Waals surface area contributed by atoms with E-state index in [4.69, 9.17) is 14.1 Å². The first-order valence-electron chi connectivity index (χ1n) is 11.3. The van der Waals surface area contributed by atoms with E-state index in [9.17, 15) is 4.79 Å². The molecule has 0 spiro atoms. The zero-order valence-corrected chi connectivity index (χ0v) is 19.5. The van der Waals surface area contributed by atoms with Crippen molar-refractivity contribution < 1.29 is 13.9 Å². The average molecular weight is 487 g/mol. The standard InChI is InChI=1S/C25H22N6O3S/c32-23-22(28-19(15-6-2-1-3-7-15)17-8-4-5-9-18(17)27-23)29-25-31-30-24(34-25)20-21(35-14-26-20)16-10-12-33-13-11-16/h1-10,22,26H,11-14H2,(H,27,32)(H,29,31)/t22-/m1/s1. The number of nitrogens with zero attached hydrogens (tertiary/aromatic N) is 3. The normalized spacial score (nSPS) is 19.8. The average Bonchev–Trinajstić information content (AvgIpc) is 3.55. The van der Waals surface area contributed by atoms with Gasteiger partial charge in [-0.05, 0) is 18.1 Å². The van der Waals surface area contributed by atoms with Gasteiger partial charge in [0.05, 0.1) is 30.5 Å². The molecular weight excluding hydrogens is 464 g/mol. The summed E-state index contributed by atoms with van der Waals surface area (Å²) in [7, 11) is 0. The van der Waals surface area contributed by atoms with Crippen LogP contribution in [-0.2, 0) is 9.53 Å². The van der Waals surface area contributed by atoms with Gasteiger partial charge in [-0.1, -0.05) is 59.7 Å². The Bertz CT molecular complexity index is 1360. The van der Waals surface area contributed by atoms with Gasteiger partial charge in [0.2, 0.25) is 6.17 Å². The third kappa shape index (κ3) is 4.33. The maximum Gasteiger partial charge on any atom is 0.317 e. The van der Waals surface area contributed by atoms with Crippen LogP contribution in [0.2, 0.25) is 0 Å². The number of allylic oxidation sites excluding steroid dienone is 1. The highest BCUT2D eigenvalue weighted by Gasteiger charge is 2.29. The maximum absolute atomic E-state index is 13.1. The van der Waals surface area contributed by atoms with Crippen LogP contribution in [0.1, 0.15) is 23.4 Å². The van der Waals surface area contributed by atoms with Gasteiger partial charge in [-0.3, -0.25) is 4.79 Å². The number of carbonyl (C=O) groups excluding carboxylic acids is 1. The van der Waals surface area contributed by atoms with Gasteiger partial charge < -0.3 is 25.1 Å². The molecule has 0 bridgehead atoms. The molecule has 0 aliphatic carbocycles. The second kappa shape index (κ2) is 9.40. The lowest BCUT2D eigenvalue weighted by atomic mass is 10.0. The molecule has 1 aromatic heterocycles. The quantitative estimate of drug-likeness (QED) is 0.501.